The van der Waals surface area contributed by atoms with Crippen molar-refractivity contribution in [3.05, 3.63) is 28.1 Å². The number of hydrogen-bond donors (Lipinski definition) is 0. The Kier molecular flexibility index (Phi) is 2.31. The molecule has 0 atom stereocenters. The minimum absolute atomic E-state index is 0.440. The van der Waals surface area contributed by atoms with Crippen molar-refractivity contribution in [1.82, 2.24) is 14.6 Å². The van der Waals surface area contributed by atoms with Crippen molar-refractivity contribution in [3.63, 3.8) is 0 Å². The fraction of sp³-hybridized carbons (Fsp3) is 0.400. The molecule has 0 N–H and O–H groups in total. The van der Waals surface area contributed by atoms with Crippen LogP contribution in [0.5, 0.6) is 0 Å². The topological polar surface area (TPSA) is 30.2 Å². The molecule has 0 aromatic carbocycles. The highest BCUT2D eigenvalue weighted by molar-refractivity contribution is 9.10. The van der Waals surface area contributed by atoms with Crippen LogP contribution in [0.25, 0.3) is 5.65 Å². The molecule has 0 amide bonds. The Morgan fingerprint density at radius 1 is 1.43 bits per heavy atom. The van der Waals surface area contributed by atoms with E-state index in [0.29, 0.717) is 5.92 Å². The van der Waals surface area contributed by atoms with Crippen molar-refractivity contribution in [2.24, 2.45) is 0 Å². The maximum Gasteiger partial charge on any atom is 0.158 e. The lowest BCUT2D eigenvalue weighted by molar-refractivity contribution is 0.781. The Morgan fingerprint density at radius 3 is 2.79 bits per heavy atom. The molecule has 3 nitrogen and oxygen atoms in total. The van der Waals surface area contributed by atoms with Gasteiger partial charge >= 0.3 is 0 Å². The van der Waals surface area contributed by atoms with Gasteiger partial charge in [0.05, 0.1) is 10.2 Å². The lowest BCUT2D eigenvalue weighted by Crippen LogP contribution is -1.91. The fourth-order valence-corrected chi connectivity index (χ4v) is 1.89. The summed E-state index contributed by atoms with van der Waals surface area (Å²) in [6, 6.07) is 0. The molecule has 2 aromatic heterocycles. The molecule has 0 unspecified atom stereocenters. The second-order valence-corrected chi connectivity index (χ2v) is 4.62. The van der Waals surface area contributed by atoms with Gasteiger partial charge in [0.2, 0.25) is 0 Å². The first kappa shape index (κ1) is 9.65. The monoisotopic (exact) mass is 253 g/mol. The van der Waals surface area contributed by atoms with Gasteiger partial charge < -0.3 is 0 Å². The predicted octanol–water partition coefficient (Wildman–Crippen LogP) is 2.92. The Balaban J connectivity index is 2.73. The summed E-state index contributed by atoms with van der Waals surface area (Å²) >= 11 is 3.38. The number of nitrogens with zero attached hydrogens (tertiary/aromatic N) is 3. The fourth-order valence-electron chi connectivity index (χ4n) is 1.59. The van der Waals surface area contributed by atoms with Crippen LogP contribution in [0.2, 0.25) is 0 Å². The van der Waals surface area contributed by atoms with E-state index in [2.05, 4.69) is 46.8 Å². The maximum atomic E-state index is 4.50. The molecule has 4 heteroatoms. The summed E-state index contributed by atoms with van der Waals surface area (Å²) in [4.78, 5) is 4.34. The molecule has 2 rings (SSSR count). The predicted molar refractivity (Wildman–Crippen MR) is 59.5 cm³/mol. The smallest absolute Gasteiger partial charge is 0.158 e. The van der Waals surface area contributed by atoms with Crippen molar-refractivity contribution in [2.75, 3.05) is 0 Å². The molecular weight excluding hydrogens is 242 g/mol. The van der Waals surface area contributed by atoms with Crippen LogP contribution < -0.4 is 0 Å². The zero-order valence-electron chi connectivity index (χ0n) is 8.45. The average molecular weight is 254 g/mol. The number of rotatable bonds is 1. The number of aromatic nitrogens is 3. The molecule has 0 aliphatic carbocycles. The third kappa shape index (κ3) is 1.43. The summed E-state index contributed by atoms with van der Waals surface area (Å²) in [7, 11) is 0. The van der Waals surface area contributed by atoms with Crippen LogP contribution >= 0.6 is 15.9 Å². The van der Waals surface area contributed by atoms with Crippen molar-refractivity contribution >= 4 is 21.6 Å². The van der Waals surface area contributed by atoms with E-state index in [4.69, 9.17) is 0 Å². The molecular formula is C10H12BrN3. The van der Waals surface area contributed by atoms with Crippen molar-refractivity contribution in [3.8, 4) is 0 Å². The number of aryl methyl sites for hydroxylation is 1. The van der Waals surface area contributed by atoms with Crippen molar-refractivity contribution in [2.45, 2.75) is 26.7 Å². The van der Waals surface area contributed by atoms with Gasteiger partial charge in [0.15, 0.2) is 5.65 Å². The van der Waals surface area contributed by atoms with Crippen molar-refractivity contribution in [1.29, 1.82) is 0 Å². The molecule has 14 heavy (non-hydrogen) atoms. The summed E-state index contributed by atoms with van der Waals surface area (Å²) < 4.78 is 2.78. The van der Waals surface area contributed by atoms with Crippen LogP contribution in [0.3, 0.4) is 0 Å². The standard InChI is InChI=1S/C10H12BrN3/c1-6(2)9-7(3)10-12-4-8(11)5-14(10)13-9/h4-6H,1-3H3. The quantitative estimate of drug-likeness (QED) is 0.783. The van der Waals surface area contributed by atoms with Gasteiger partial charge in [-0.3, -0.25) is 0 Å². The van der Waals surface area contributed by atoms with E-state index < -0.39 is 0 Å². The Bertz CT molecular complexity index is 473. The molecule has 0 saturated carbocycles. The minimum Gasteiger partial charge on any atom is -0.236 e. The van der Waals surface area contributed by atoms with Crippen LogP contribution in [-0.4, -0.2) is 14.6 Å². The first-order chi connectivity index (χ1) is 6.59. The molecule has 0 saturated heterocycles. The van der Waals surface area contributed by atoms with E-state index in [0.717, 1.165) is 15.8 Å². The lowest BCUT2D eigenvalue weighted by atomic mass is 10.1. The first-order valence-electron chi connectivity index (χ1n) is 4.60. The molecule has 0 spiro atoms. The number of halogens is 1. The van der Waals surface area contributed by atoms with Crippen LogP contribution in [0, 0.1) is 6.92 Å². The molecule has 0 bridgehead atoms. The normalized spacial score (nSPS) is 11.5. The van der Waals surface area contributed by atoms with Crippen LogP contribution in [0.1, 0.15) is 31.0 Å². The summed E-state index contributed by atoms with van der Waals surface area (Å²) in [5.41, 5.74) is 3.24. The summed E-state index contributed by atoms with van der Waals surface area (Å²) in [6.45, 7) is 6.35. The van der Waals surface area contributed by atoms with Gasteiger partial charge in [0.25, 0.3) is 0 Å². The highest BCUT2D eigenvalue weighted by Gasteiger charge is 2.12. The maximum absolute atomic E-state index is 4.50. The molecule has 0 radical (unpaired) electrons. The highest BCUT2D eigenvalue weighted by atomic mass is 79.9. The van der Waals surface area contributed by atoms with Crippen molar-refractivity contribution < 1.29 is 0 Å². The molecule has 2 aromatic rings. The van der Waals surface area contributed by atoms with Crippen LogP contribution in [0.4, 0.5) is 0 Å². The second kappa shape index (κ2) is 3.35. The summed E-state index contributed by atoms with van der Waals surface area (Å²) in [5, 5.41) is 4.50. The summed E-state index contributed by atoms with van der Waals surface area (Å²) in [5.74, 6) is 0.440. The molecule has 0 aliphatic heterocycles. The van der Waals surface area contributed by atoms with E-state index in [1.807, 2.05) is 10.7 Å². The van der Waals surface area contributed by atoms with Gasteiger partial charge in [-0.2, -0.15) is 5.10 Å². The molecule has 0 fully saturated rings. The summed E-state index contributed by atoms with van der Waals surface area (Å²) in [6.07, 6.45) is 3.73. The van der Waals surface area contributed by atoms with Gasteiger partial charge in [-0.15, -0.1) is 0 Å². The number of fused-ring (bicyclic) bond motifs is 1. The second-order valence-electron chi connectivity index (χ2n) is 3.71. The van der Waals surface area contributed by atoms with E-state index in [-0.39, 0.29) is 0 Å². The van der Waals surface area contributed by atoms with E-state index in [1.165, 1.54) is 5.56 Å². The average Bonchev–Trinajstić information content (AvgIpc) is 2.43. The van der Waals surface area contributed by atoms with E-state index in [1.54, 1.807) is 6.20 Å². The number of hydrogen-bond acceptors (Lipinski definition) is 2. The highest BCUT2D eigenvalue weighted by Crippen LogP contribution is 2.21. The largest absolute Gasteiger partial charge is 0.236 e. The molecule has 74 valence electrons. The van der Waals surface area contributed by atoms with Crippen LogP contribution in [-0.2, 0) is 0 Å². The van der Waals surface area contributed by atoms with E-state index in [9.17, 15) is 0 Å². The van der Waals surface area contributed by atoms with Gasteiger partial charge in [-0.05, 0) is 28.8 Å². The Hall–Kier alpha value is -0.900. The van der Waals surface area contributed by atoms with Crippen LogP contribution in [0.15, 0.2) is 16.9 Å². The van der Waals surface area contributed by atoms with E-state index >= 15 is 0 Å². The molecule has 2 heterocycles. The third-order valence-corrected chi connectivity index (χ3v) is 2.66. The zero-order chi connectivity index (χ0) is 10.3. The van der Waals surface area contributed by atoms with Gasteiger partial charge in [-0.1, -0.05) is 13.8 Å². The first-order valence-corrected chi connectivity index (χ1v) is 5.39. The Labute approximate surface area is 91.3 Å². The van der Waals surface area contributed by atoms with Gasteiger partial charge in [-0.25, -0.2) is 9.50 Å². The van der Waals surface area contributed by atoms with Gasteiger partial charge in [0, 0.05) is 18.0 Å². The minimum atomic E-state index is 0.440. The zero-order valence-corrected chi connectivity index (χ0v) is 10.0. The lowest BCUT2D eigenvalue weighted by Gasteiger charge is -1.98. The van der Waals surface area contributed by atoms with Gasteiger partial charge in [0.1, 0.15) is 0 Å². The molecule has 0 aliphatic rings. The third-order valence-electron chi connectivity index (χ3n) is 2.25. The SMILES string of the molecule is Cc1c(C(C)C)nn2cc(Br)cnc12. The Morgan fingerprint density at radius 2 is 2.14 bits per heavy atom.